The number of rotatable bonds is 2. The van der Waals surface area contributed by atoms with Crippen molar-refractivity contribution in [3.05, 3.63) is 29.8 Å². The zero-order chi connectivity index (χ0) is 11.3. The van der Waals surface area contributed by atoms with E-state index in [0.29, 0.717) is 5.56 Å². The van der Waals surface area contributed by atoms with Gasteiger partial charge in [-0.05, 0) is 24.3 Å². The van der Waals surface area contributed by atoms with Gasteiger partial charge in [0.1, 0.15) is 5.75 Å². The number of nitrogens with one attached hydrogen (secondary N) is 2. The highest BCUT2D eigenvalue weighted by Crippen LogP contribution is 2.08. The summed E-state index contributed by atoms with van der Waals surface area (Å²) in [7, 11) is 0. The molecule has 6 heteroatoms. The lowest BCUT2D eigenvalue weighted by Crippen LogP contribution is -2.42. The van der Waals surface area contributed by atoms with E-state index in [4.69, 9.17) is 5.11 Å². The number of halogens is 1. The van der Waals surface area contributed by atoms with Gasteiger partial charge in [0.15, 0.2) is 0 Å². The number of benzene rings is 1. The van der Waals surface area contributed by atoms with E-state index in [0.717, 1.165) is 0 Å². The second-order valence-electron chi connectivity index (χ2n) is 2.68. The maximum atomic E-state index is 11.4. The van der Waals surface area contributed by atoms with Crippen molar-refractivity contribution in [2.45, 2.75) is 0 Å². The summed E-state index contributed by atoms with van der Waals surface area (Å²) in [5.41, 5.74) is 4.77. The molecule has 3 N–H and O–H groups in total. The quantitative estimate of drug-likeness (QED) is 0.544. The first-order valence-corrected chi connectivity index (χ1v) is 5.20. The molecule has 0 saturated heterocycles. The Morgan fingerprint density at radius 3 is 2.33 bits per heavy atom. The van der Waals surface area contributed by atoms with E-state index in [1.165, 1.54) is 24.3 Å². The number of hydrazine groups is 1. The largest absolute Gasteiger partial charge is 0.508 e. The monoisotopic (exact) mass is 272 g/mol. The smallest absolute Gasteiger partial charge is 0.269 e. The van der Waals surface area contributed by atoms with E-state index in [1.807, 2.05) is 0 Å². The van der Waals surface area contributed by atoms with Gasteiger partial charge in [0.25, 0.3) is 5.91 Å². The molecule has 0 aliphatic heterocycles. The number of amides is 2. The Kier molecular flexibility index (Phi) is 4.11. The van der Waals surface area contributed by atoms with Crippen LogP contribution >= 0.6 is 15.9 Å². The van der Waals surface area contributed by atoms with Crippen molar-refractivity contribution in [1.82, 2.24) is 10.9 Å². The molecule has 1 aromatic carbocycles. The molecule has 1 aromatic rings. The first-order chi connectivity index (χ1) is 7.13. The maximum Gasteiger partial charge on any atom is 0.269 e. The Balaban J connectivity index is 2.54. The molecule has 0 unspecified atom stereocenters. The first-order valence-electron chi connectivity index (χ1n) is 4.07. The lowest BCUT2D eigenvalue weighted by atomic mass is 10.2. The molecule has 1 rings (SSSR count). The Bertz CT molecular complexity index is 364. The summed E-state index contributed by atoms with van der Waals surface area (Å²) in [5, 5.41) is 9.10. The Labute approximate surface area is 94.6 Å². The van der Waals surface area contributed by atoms with Crippen molar-refractivity contribution in [3.8, 4) is 5.75 Å². The molecule has 0 aromatic heterocycles. The number of hydrogen-bond donors (Lipinski definition) is 3. The molecule has 15 heavy (non-hydrogen) atoms. The lowest BCUT2D eigenvalue weighted by molar-refractivity contribution is -0.119. The fraction of sp³-hybridized carbons (Fsp3) is 0.111. The number of carbonyl (C=O) groups is 2. The Morgan fingerprint density at radius 1 is 1.20 bits per heavy atom. The van der Waals surface area contributed by atoms with Crippen LogP contribution in [0.2, 0.25) is 0 Å². The molecular formula is C9H9BrN2O3. The van der Waals surface area contributed by atoms with E-state index < -0.39 is 5.91 Å². The third-order valence-electron chi connectivity index (χ3n) is 1.57. The van der Waals surface area contributed by atoms with E-state index in [-0.39, 0.29) is 17.0 Å². The average molecular weight is 273 g/mol. The van der Waals surface area contributed by atoms with E-state index in [2.05, 4.69) is 26.8 Å². The van der Waals surface area contributed by atoms with Crippen LogP contribution in [0, 0.1) is 0 Å². The molecule has 0 bridgehead atoms. The van der Waals surface area contributed by atoms with Gasteiger partial charge in [-0.3, -0.25) is 20.4 Å². The Hall–Kier alpha value is -1.56. The van der Waals surface area contributed by atoms with Crippen LogP contribution in [0.4, 0.5) is 0 Å². The third kappa shape index (κ3) is 3.59. The second-order valence-corrected chi connectivity index (χ2v) is 3.24. The molecule has 0 aliphatic carbocycles. The first kappa shape index (κ1) is 11.5. The van der Waals surface area contributed by atoms with Crippen LogP contribution in [0.25, 0.3) is 0 Å². The average Bonchev–Trinajstić information content (AvgIpc) is 2.26. The van der Waals surface area contributed by atoms with Crippen molar-refractivity contribution in [2.75, 3.05) is 5.33 Å². The SMILES string of the molecule is O=C(CBr)NNC(=O)c1ccc(O)cc1. The van der Waals surface area contributed by atoms with Gasteiger partial charge in [0.2, 0.25) is 5.91 Å². The molecule has 80 valence electrons. The molecule has 5 nitrogen and oxygen atoms in total. The van der Waals surface area contributed by atoms with Crippen LogP contribution in [-0.4, -0.2) is 22.3 Å². The van der Waals surface area contributed by atoms with E-state index in [1.54, 1.807) is 0 Å². The summed E-state index contributed by atoms with van der Waals surface area (Å²) >= 11 is 2.93. The third-order valence-corrected chi connectivity index (χ3v) is 2.08. The number of alkyl halides is 1. The van der Waals surface area contributed by atoms with Gasteiger partial charge in [-0.25, -0.2) is 0 Å². The zero-order valence-corrected chi connectivity index (χ0v) is 9.24. The Morgan fingerprint density at radius 2 is 1.80 bits per heavy atom. The molecule has 0 heterocycles. The molecule has 0 saturated carbocycles. The number of hydrogen-bond acceptors (Lipinski definition) is 3. The van der Waals surface area contributed by atoms with Gasteiger partial charge in [0, 0.05) is 5.56 Å². The highest BCUT2D eigenvalue weighted by Gasteiger charge is 2.05. The highest BCUT2D eigenvalue weighted by molar-refractivity contribution is 9.09. The molecular weight excluding hydrogens is 264 g/mol. The fourth-order valence-corrected chi connectivity index (χ4v) is 0.985. The van der Waals surface area contributed by atoms with Crippen molar-refractivity contribution in [2.24, 2.45) is 0 Å². The van der Waals surface area contributed by atoms with Crippen LogP contribution in [0.1, 0.15) is 10.4 Å². The highest BCUT2D eigenvalue weighted by atomic mass is 79.9. The minimum atomic E-state index is -0.440. The lowest BCUT2D eigenvalue weighted by Gasteiger charge is -2.05. The molecule has 0 spiro atoms. The number of aromatic hydroxyl groups is 1. The van der Waals surface area contributed by atoms with Crippen LogP contribution in [0.15, 0.2) is 24.3 Å². The van der Waals surface area contributed by atoms with Crippen molar-refractivity contribution in [3.63, 3.8) is 0 Å². The summed E-state index contributed by atoms with van der Waals surface area (Å²) in [4.78, 5) is 22.1. The van der Waals surface area contributed by atoms with Gasteiger partial charge in [-0.2, -0.15) is 0 Å². The molecule has 2 amide bonds. The fourth-order valence-electron chi connectivity index (χ4n) is 0.845. The predicted octanol–water partition coefficient (Wildman–Crippen LogP) is 0.548. The molecule has 0 radical (unpaired) electrons. The minimum Gasteiger partial charge on any atom is -0.508 e. The van der Waals surface area contributed by atoms with Gasteiger partial charge >= 0.3 is 0 Å². The molecule has 0 aliphatic rings. The number of phenols is 1. The number of phenolic OH excluding ortho intramolecular Hbond substituents is 1. The van der Waals surface area contributed by atoms with Crippen LogP contribution in [0.3, 0.4) is 0 Å². The van der Waals surface area contributed by atoms with Crippen molar-refractivity contribution < 1.29 is 14.7 Å². The minimum absolute atomic E-state index is 0.0797. The standard InChI is InChI=1S/C9H9BrN2O3/c10-5-8(14)11-12-9(15)6-1-3-7(13)4-2-6/h1-4,13H,5H2,(H,11,14)(H,12,15). The number of carbonyl (C=O) groups excluding carboxylic acids is 2. The van der Waals surface area contributed by atoms with Crippen LogP contribution in [-0.2, 0) is 4.79 Å². The second kappa shape index (κ2) is 5.35. The van der Waals surface area contributed by atoms with Gasteiger partial charge in [-0.15, -0.1) is 0 Å². The van der Waals surface area contributed by atoms with Crippen LogP contribution < -0.4 is 10.9 Å². The summed E-state index contributed by atoms with van der Waals surface area (Å²) in [6, 6.07) is 5.68. The predicted molar refractivity (Wildman–Crippen MR) is 57.5 cm³/mol. The summed E-state index contributed by atoms with van der Waals surface area (Å²) in [5.74, 6) is -0.706. The molecule has 0 fully saturated rings. The van der Waals surface area contributed by atoms with Gasteiger partial charge in [0.05, 0.1) is 5.33 Å². The summed E-state index contributed by atoms with van der Waals surface area (Å²) in [6.45, 7) is 0. The maximum absolute atomic E-state index is 11.4. The van der Waals surface area contributed by atoms with Gasteiger partial charge < -0.3 is 5.11 Å². The normalized spacial score (nSPS) is 9.40. The van der Waals surface area contributed by atoms with E-state index in [9.17, 15) is 9.59 Å². The van der Waals surface area contributed by atoms with Crippen molar-refractivity contribution in [1.29, 1.82) is 0 Å². The van der Waals surface area contributed by atoms with Gasteiger partial charge in [-0.1, -0.05) is 15.9 Å². The zero-order valence-electron chi connectivity index (χ0n) is 7.66. The topological polar surface area (TPSA) is 78.4 Å². The van der Waals surface area contributed by atoms with E-state index >= 15 is 0 Å². The summed E-state index contributed by atoms with van der Waals surface area (Å²) in [6.07, 6.45) is 0. The van der Waals surface area contributed by atoms with Crippen LogP contribution in [0.5, 0.6) is 5.75 Å². The summed E-state index contributed by atoms with van der Waals surface area (Å²) < 4.78 is 0. The van der Waals surface area contributed by atoms with Crippen molar-refractivity contribution >= 4 is 27.7 Å². The molecule has 0 atom stereocenters.